The number of aryl methyl sites for hydroxylation is 1. The maximum absolute atomic E-state index is 12.9. The Kier molecular flexibility index (Phi) is 6.26. The van der Waals surface area contributed by atoms with Gasteiger partial charge >= 0.3 is 0 Å². The van der Waals surface area contributed by atoms with E-state index in [0.29, 0.717) is 12.1 Å². The topological polar surface area (TPSA) is 62.5 Å². The molecular weight excluding hydrogens is 434 g/mol. The minimum Gasteiger partial charge on any atom is -0.341 e. The number of fused-ring (bicyclic) bond motifs is 1. The number of carbonyl (C=O) groups is 1. The van der Waals surface area contributed by atoms with Gasteiger partial charge < -0.3 is 10.2 Å². The van der Waals surface area contributed by atoms with Gasteiger partial charge in [0.25, 0.3) is 5.91 Å². The van der Waals surface area contributed by atoms with E-state index in [0.717, 1.165) is 40.5 Å². The molecular formula is C29H27N5O. The maximum atomic E-state index is 12.9. The molecule has 3 aromatic carbocycles. The Bertz CT molecular complexity index is 1440. The van der Waals surface area contributed by atoms with Gasteiger partial charge in [-0.2, -0.15) is 9.61 Å². The van der Waals surface area contributed by atoms with Gasteiger partial charge in [-0.05, 0) is 43.2 Å². The van der Waals surface area contributed by atoms with Crippen LogP contribution in [0.4, 0.5) is 11.5 Å². The fourth-order valence-corrected chi connectivity index (χ4v) is 4.04. The minimum absolute atomic E-state index is 0.00727. The van der Waals surface area contributed by atoms with E-state index in [1.165, 1.54) is 5.56 Å². The molecule has 0 spiro atoms. The average molecular weight is 462 g/mol. The third kappa shape index (κ3) is 5.06. The van der Waals surface area contributed by atoms with Crippen molar-refractivity contribution in [2.24, 2.45) is 0 Å². The summed E-state index contributed by atoms with van der Waals surface area (Å²) >= 11 is 0. The lowest BCUT2D eigenvalue weighted by Gasteiger charge is -2.17. The molecule has 0 aliphatic heterocycles. The van der Waals surface area contributed by atoms with Crippen LogP contribution < -0.4 is 5.32 Å². The Hall–Kier alpha value is -4.45. The summed E-state index contributed by atoms with van der Waals surface area (Å²) in [5.74, 6) is 0.814. The summed E-state index contributed by atoms with van der Waals surface area (Å²) in [4.78, 5) is 19.4. The summed E-state index contributed by atoms with van der Waals surface area (Å²) in [7, 11) is 1.84. The third-order valence-electron chi connectivity index (χ3n) is 5.95. The Morgan fingerprint density at radius 2 is 1.60 bits per heavy atom. The summed E-state index contributed by atoms with van der Waals surface area (Å²) in [6, 6.07) is 31.8. The molecule has 0 fully saturated rings. The van der Waals surface area contributed by atoms with Crippen LogP contribution in [0.1, 0.15) is 21.6 Å². The lowest BCUT2D eigenvalue weighted by Crippen LogP contribution is -2.28. The quantitative estimate of drug-likeness (QED) is 0.335. The fraction of sp³-hybridized carbons (Fsp3) is 0.138. The van der Waals surface area contributed by atoms with Gasteiger partial charge in [-0.1, -0.05) is 60.7 Å². The number of rotatable bonds is 7. The average Bonchev–Trinajstić information content (AvgIpc) is 3.29. The number of likely N-dealkylation sites (N-methyl/N-ethyl adjacent to an activating group) is 1. The molecule has 1 amide bonds. The van der Waals surface area contributed by atoms with Gasteiger partial charge in [-0.15, -0.1) is 0 Å². The second-order valence-corrected chi connectivity index (χ2v) is 8.61. The summed E-state index contributed by atoms with van der Waals surface area (Å²) in [6.07, 6.45) is 0.827. The van der Waals surface area contributed by atoms with Gasteiger partial charge in [-0.3, -0.25) is 4.79 Å². The Morgan fingerprint density at radius 1 is 0.914 bits per heavy atom. The number of nitrogens with zero attached hydrogens (tertiary/aromatic N) is 4. The molecule has 5 rings (SSSR count). The largest absolute Gasteiger partial charge is 0.341 e. The van der Waals surface area contributed by atoms with Crippen molar-refractivity contribution >= 4 is 23.1 Å². The molecule has 2 heterocycles. The SMILES string of the molecule is Cc1cc2nc(-c3ccccc3)cc(Nc3ccc(C(=O)N(C)CCc4ccccc4)cc3)n2n1. The van der Waals surface area contributed by atoms with Crippen LogP contribution >= 0.6 is 0 Å². The van der Waals surface area contributed by atoms with Crippen LogP contribution in [-0.4, -0.2) is 39.0 Å². The van der Waals surface area contributed by atoms with Crippen molar-refractivity contribution in [3.63, 3.8) is 0 Å². The standard InChI is InChI=1S/C29H27N5O/c1-21-19-27-31-26(23-11-7-4-8-12-23)20-28(34(27)32-21)30-25-15-13-24(14-16-25)29(35)33(2)18-17-22-9-5-3-6-10-22/h3-16,19-20,30H,17-18H2,1-2H3. The number of nitrogens with one attached hydrogen (secondary N) is 1. The minimum atomic E-state index is 0.00727. The lowest BCUT2D eigenvalue weighted by atomic mass is 10.1. The number of hydrogen-bond acceptors (Lipinski definition) is 4. The van der Waals surface area contributed by atoms with E-state index < -0.39 is 0 Å². The highest BCUT2D eigenvalue weighted by molar-refractivity contribution is 5.94. The Balaban J connectivity index is 1.33. The molecule has 0 saturated carbocycles. The van der Waals surface area contributed by atoms with E-state index >= 15 is 0 Å². The van der Waals surface area contributed by atoms with E-state index in [-0.39, 0.29) is 5.91 Å². The van der Waals surface area contributed by atoms with Crippen LogP contribution in [0.25, 0.3) is 16.9 Å². The molecule has 0 aliphatic rings. The molecule has 1 N–H and O–H groups in total. The van der Waals surface area contributed by atoms with Crippen molar-refractivity contribution in [2.45, 2.75) is 13.3 Å². The fourth-order valence-electron chi connectivity index (χ4n) is 4.04. The van der Waals surface area contributed by atoms with E-state index in [1.807, 2.05) is 98.9 Å². The molecule has 174 valence electrons. The van der Waals surface area contributed by atoms with Gasteiger partial charge in [-0.25, -0.2) is 4.98 Å². The van der Waals surface area contributed by atoms with Gasteiger partial charge in [0.15, 0.2) is 5.65 Å². The first kappa shape index (κ1) is 22.3. The van der Waals surface area contributed by atoms with Crippen LogP contribution in [0.15, 0.2) is 97.1 Å². The molecule has 0 bridgehead atoms. The van der Waals surface area contributed by atoms with Crippen molar-refractivity contribution in [3.8, 4) is 11.3 Å². The maximum Gasteiger partial charge on any atom is 0.253 e. The number of anilines is 2. The highest BCUT2D eigenvalue weighted by Gasteiger charge is 2.13. The van der Waals surface area contributed by atoms with Crippen molar-refractivity contribution in [2.75, 3.05) is 18.9 Å². The zero-order valence-corrected chi connectivity index (χ0v) is 19.8. The molecule has 6 nitrogen and oxygen atoms in total. The second-order valence-electron chi connectivity index (χ2n) is 8.61. The first-order valence-electron chi connectivity index (χ1n) is 11.7. The van der Waals surface area contributed by atoms with Gasteiger partial charge in [0.1, 0.15) is 5.82 Å². The Morgan fingerprint density at radius 3 is 2.31 bits per heavy atom. The molecule has 5 aromatic rings. The summed E-state index contributed by atoms with van der Waals surface area (Å²) in [6.45, 7) is 2.62. The normalized spacial score (nSPS) is 10.9. The van der Waals surface area contributed by atoms with Gasteiger partial charge in [0.2, 0.25) is 0 Å². The Labute approximate surface area is 204 Å². The van der Waals surface area contributed by atoms with Crippen LogP contribution in [0.5, 0.6) is 0 Å². The number of benzene rings is 3. The predicted octanol–water partition coefficient (Wildman–Crippen LogP) is 5.76. The second kappa shape index (κ2) is 9.81. The highest BCUT2D eigenvalue weighted by atomic mass is 16.2. The zero-order chi connectivity index (χ0) is 24.2. The summed E-state index contributed by atoms with van der Waals surface area (Å²) in [5.41, 5.74) is 6.32. The highest BCUT2D eigenvalue weighted by Crippen LogP contribution is 2.25. The molecule has 0 saturated heterocycles. The molecule has 0 aliphatic carbocycles. The van der Waals surface area contributed by atoms with Crippen LogP contribution in [0.3, 0.4) is 0 Å². The van der Waals surface area contributed by atoms with Crippen molar-refractivity contribution in [1.29, 1.82) is 0 Å². The van der Waals surface area contributed by atoms with Crippen LogP contribution in [0.2, 0.25) is 0 Å². The summed E-state index contributed by atoms with van der Waals surface area (Å²) in [5, 5.41) is 8.04. The predicted molar refractivity (Wildman–Crippen MR) is 140 cm³/mol. The number of carbonyl (C=O) groups excluding carboxylic acids is 1. The van der Waals surface area contributed by atoms with Crippen molar-refractivity contribution in [1.82, 2.24) is 19.5 Å². The number of hydrogen-bond donors (Lipinski definition) is 1. The third-order valence-corrected chi connectivity index (χ3v) is 5.95. The molecule has 35 heavy (non-hydrogen) atoms. The van der Waals surface area contributed by atoms with Gasteiger partial charge in [0, 0.05) is 42.5 Å². The lowest BCUT2D eigenvalue weighted by molar-refractivity contribution is 0.0796. The molecule has 0 unspecified atom stereocenters. The van der Waals surface area contributed by atoms with E-state index in [9.17, 15) is 4.79 Å². The van der Waals surface area contributed by atoms with Crippen LogP contribution in [0, 0.1) is 6.92 Å². The van der Waals surface area contributed by atoms with Crippen molar-refractivity contribution in [3.05, 3.63) is 114 Å². The number of amides is 1. The van der Waals surface area contributed by atoms with E-state index in [4.69, 9.17) is 4.98 Å². The van der Waals surface area contributed by atoms with Crippen LogP contribution in [-0.2, 0) is 6.42 Å². The smallest absolute Gasteiger partial charge is 0.253 e. The molecule has 6 heteroatoms. The van der Waals surface area contributed by atoms with Gasteiger partial charge in [0.05, 0.1) is 11.4 Å². The molecule has 0 atom stereocenters. The van der Waals surface area contributed by atoms with Crippen molar-refractivity contribution < 1.29 is 4.79 Å². The first-order chi connectivity index (χ1) is 17.1. The molecule has 0 radical (unpaired) electrons. The van der Waals surface area contributed by atoms with E-state index in [1.54, 1.807) is 9.42 Å². The first-order valence-corrected chi connectivity index (χ1v) is 11.7. The number of aromatic nitrogens is 3. The molecule has 2 aromatic heterocycles. The zero-order valence-electron chi connectivity index (χ0n) is 19.8. The summed E-state index contributed by atoms with van der Waals surface area (Å²) < 4.78 is 1.80. The van der Waals surface area contributed by atoms with E-state index in [2.05, 4.69) is 22.5 Å². The monoisotopic (exact) mass is 461 g/mol.